The summed E-state index contributed by atoms with van der Waals surface area (Å²) in [5.41, 5.74) is 0. The third-order valence-electron chi connectivity index (χ3n) is 6.07. The lowest BCUT2D eigenvalue weighted by Gasteiger charge is -2.05. The van der Waals surface area contributed by atoms with Crippen molar-refractivity contribution in [1.82, 2.24) is 5.32 Å². The van der Waals surface area contributed by atoms with Crippen molar-refractivity contribution in [2.45, 2.75) is 155 Å². The van der Waals surface area contributed by atoms with Crippen LogP contribution in [0.25, 0.3) is 0 Å². The summed E-state index contributed by atoms with van der Waals surface area (Å²) in [6.45, 7) is 7.06. The van der Waals surface area contributed by atoms with Gasteiger partial charge in [0.1, 0.15) is 0 Å². The molecule has 0 rings (SSSR count). The normalized spacial score (nSPS) is 11.7. The maximum Gasteiger partial charge on any atom is -0.00489 e. The standard InChI is InChI=1S/C28H57N/c1-3-5-7-9-11-13-14-15-16-17-18-19-20-22-24-26-28-29-27-25-23-21-12-10-8-6-4-2/h15-16,29H,3-14,17-28H2,1-2H3. The van der Waals surface area contributed by atoms with Crippen molar-refractivity contribution >= 4 is 0 Å². The lowest BCUT2D eigenvalue weighted by molar-refractivity contribution is 0.535. The molecule has 0 aliphatic heterocycles. The van der Waals surface area contributed by atoms with Gasteiger partial charge in [0.2, 0.25) is 0 Å². The highest BCUT2D eigenvalue weighted by Crippen LogP contribution is 2.10. The summed E-state index contributed by atoms with van der Waals surface area (Å²) in [6.07, 6.45) is 35.8. The zero-order chi connectivity index (χ0) is 21.1. The molecule has 0 aromatic rings. The van der Waals surface area contributed by atoms with Gasteiger partial charge in [0.25, 0.3) is 0 Å². The van der Waals surface area contributed by atoms with Crippen molar-refractivity contribution in [2.24, 2.45) is 0 Å². The minimum atomic E-state index is 1.23. The number of rotatable bonds is 25. The van der Waals surface area contributed by atoms with Crippen LogP contribution in [0.1, 0.15) is 155 Å². The SMILES string of the molecule is CCCCCCCCC=CCCCCCCCCNCCCCCCCCCC. The quantitative estimate of drug-likeness (QED) is 0.117. The maximum atomic E-state index is 3.64. The molecule has 0 bridgehead atoms. The van der Waals surface area contributed by atoms with Crippen molar-refractivity contribution in [1.29, 1.82) is 0 Å². The lowest BCUT2D eigenvalue weighted by Crippen LogP contribution is -2.16. The van der Waals surface area contributed by atoms with Crippen LogP contribution in [-0.4, -0.2) is 13.1 Å². The first-order valence-electron chi connectivity index (χ1n) is 13.8. The summed E-state index contributed by atoms with van der Waals surface area (Å²) in [5, 5.41) is 3.64. The molecule has 1 nitrogen and oxygen atoms in total. The molecule has 0 fully saturated rings. The molecule has 0 unspecified atom stereocenters. The first-order valence-corrected chi connectivity index (χ1v) is 13.8. The average Bonchev–Trinajstić information content (AvgIpc) is 2.74. The Balaban J connectivity index is 3.04. The summed E-state index contributed by atoms with van der Waals surface area (Å²) >= 11 is 0. The second-order valence-electron chi connectivity index (χ2n) is 9.16. The van der Waals surface area contributed by atoms with E-state index < -0.39 is 0 Å². The average molecular weight is 408 g/mol. The Bertz CT molecular complexity index is 297. The predicted octanol–water partition coefficient (Wildman–Crippen LogP) is 9.75. The third-order valence-corrected chi connectivity index (χ3v) is 6.07. The molecule has 0 atom stereocenters. The highest BCUT2D eigenvalue weighted by molar-refractivity contribution is 4.81. The molecular weight excluding hydrogens is 350 g/mol. The summed E-state index contributed by atoms with van der Waals surface area (Å²) in [4.78, 5) is 0. The van der Waals surface area contributed by atoms with Crippen molar-refractivity contribution in [2.75, 3.05) is 13.1 Å². The van der Waals surface area contributed by atoms with E-state index in [4.69, 9.17) is 0 Å². The van der Waals surface area contributed by atoms with Gasteiger partial charge in [-0.3, -0.25) is 0 Å². The third kappa shape index (κ3) is 27.7. The van der Waals surface area contributed by atoms with E-state index in [2.05, 4.69) is 31.3 Å². The van der Waals surface area contributed by atoms with Crippen molar-refractivity contribution < 1.29 is 0 Å². The van der Waals surface area contributed by atoms with E-state index in [0.29, 0.717) is 0 Å². The lowest BCUT2D eigenvalue weighted by atomic mass is 10.1. The molecular formula is C28H57N. The van der Waals surface area contributed by atoms with E-state index in [-0.39, 0.29) is 0 Å². The minimum absolute atomic E-state index is 1.23. The molecule has 0 amide bonds. The number of unbranched alkanes of at least 4 members (excludes halogenated alkanes) is 19. The zero-order valence-corrected chi connectivity index (χ0v) is 20.6. The monoisotopic (exact) mass is 407 g/mol. The van der Waals surface area contributed by atoms with Gasteiger partial charge in [-0.15, -0.1) is 0 Å². The molecule has 0 aromatic carbocycles. The number of allylic oxidation sites excluding steroid dienone is 2. The van der Waals surface area contributed by atoms with Gasteiger partial charge in [0.05, 0.1) is 0 Å². The second kappa shape index (κ2) is 27.7. The molecule has 0 spiro atoms. The smallest absolute Gasteiger partial charge is 0.00489 e. The number of hydrogen-bond acceptors (Lipinski definition) is 1. The molecule has 29 heavy (non-hydrogen) atoms. The van der Waals surface area contributed by atoms with Crippen LogP contribution in [0.2, 0.25) is 0 Å². The Morgan fingerprint density at radius 1 is 0.379 bits per heavy atom. The van der Waals surface area contributed by atoms with Gasteiger partial charge in [-0.25, -0.2) is 0 Å². The molecule has 0 aliphatic rings. The molecule has 0 aliphatic carbocycles. The molecule has 174 valence electrons. The van der Waals surface area contributed by atoms with E-state index in [1.54, 1.807) is 0 Å². The van der Waals surface area contributed by atoms with Gasteiger partial charge in [-0.1, -0.05) is 129 Å². The van der Waals surface area contributed by atoms with Gasteiger partial charge < -0.3 is 5.32 Å². The van der Waals surface area contributed by atoms with Crippen LogP contribution in [0.3, 0.4) is 0 Å². The molecule has 0 saturated heterocycles. The van der Waals surface area contributed by atoms with Crippen molar-refractivity contribution in [3.05, 3.63) is 12.2 Å². The first kappa shape index (κ1) is 28.7. The highest BCUT2D eigenvalue weighted by Gasteiger charge is 1.94. The van der Waals surface area contributed by atoms with Crippen molar-refractivity contribution in [3.8, 4) is 0 Å². The minimum Gasteiger partial charge on any atom is -0.317 e. The van der Waals surface area contributed by atoms with E-state index >= 15 is 0 Å². The van der Waals surface area contributed by atoms with Crippen LogP contribution in [0.15, 0.2) is 12.2 Å². The Labute approximate surface area is 185 Å². The van der Waals surface area contributed by atoms with Gasteiger partial charge in [0.15, 0.2) is 0 Å². The molecule has 0 heterocycles. The van der Waals surface area contributed by atoms with Crippen LogP contribution in [-0.2, 0) is 0 Å². The molecule has 0 radical (unpaired) electrons. The Hall–Kier alpha value is -0.300. The summed E-state index contributed by atoms with van der Waals surface area (Å²) in [6, 6.07) is 0. The van der Waals surface area contributed by atoms with Crippen LogP contribution in [0.5, 0.6) is 0 Å². The summed E-state index contributed by atoms with van der Waals surface area (Å²) in [5.74, 6) is 0. The fourth-order valence-corrected chi connectivity index (χ4v) is 4.01. The van der Waals surface area contributed by atoms with Crippen LogP contribution in [0.4, 0.5) is 0 Å². The highest BCUT2D eigenvalue weighted by atomic mass is 14.8. The Morgan fingerprint density at radius 3 is 1.07 bits per heavy atom. The van der Waals surface area contributed by atoms with E-state index in [9.17, 15) is 0 Å². The van der Waals surface area contributed by atoms with Gasteiger partial charge in [-0.2, -0.15) is 0 Å². The van der Waals surface area contributed by atoms with Crippen LogP contribution >= 0.6 is 0 Å². The molecule has 0 aromatic heterocycles. The van der Waals surface area contributed by atoms with Crippen LogP contribution < -0.4 is 5.32 Å². The van der Waals surface area contributed by atoms with Crippen molar-refractivity contribution in [3.63, 3.8) is 0 Å². The van der Waals surface area contributed by atoms with Gasteiger partial charge in [0, 0.05) is 0 Å². The fraction of sp³-hybridized carbons (Fsp3) is 0.929. The Morgan fingerprint density at radius 2 is 0.690 bits per heavy atom. The number of hydrogen-bond donors (Lipinski definition) is 1. The van der Waals surface area contributed by atoms with Crippen LogP contribution in [0, 0.1) is 0 Å². The number of nitrogens with one attached hydrogen (secondary N) is 1. The second-order valence-corrected chi connectivity index (χ2v) is 9.16. The van der Waals surface area contributed by atoms with E-state index in [0.717, 1.165) is 0 Å². The zero-order valence-electron chi connectivity index (χ0n) is 20.6. The van der Waals surface area contributed by atoms with E-state index in [1.807, 2.05) is 0 Å². The van der Waals surface area contributed by atoms with Gasteiger partial charge >= 0.3 is 0 Å². The fourth-order valence-electron chi connectivity index (χ4n) is 4.01. The topological polar surface area (TPSA) is 12.0 Å². The summed E-state index contributed by atoms with van der Waals surface area (Å²) < 4.78 is 0. The molecule has 1 heteroatoms. The summed E-state index contributed by atoms with van der Waals surface area (Å²) in [7, 11) is 0. The van der Waals surface area contributed by atoms with Gasteiger partial charge in [-0.05, 0) is 51.6 Å². The van der Waals surface area contributed by atoms with E-state index in [1.165, 1.54) is 154 Å². The Kier molecular flexibility index (Phi) is 27.4. The maximum absolute atomic E-state index is 3.64. The predicted molar refractivity (Wildman–Crippen MR) is 135 cm³/mol. The largest absolute Gasteiger partial charge is 0.317 e. The first-order chi connectivity index (χ1) is 14.4. The molecule has 1 N–H and O–H groups in total. The molecule has 0 saturated carbocycles.